The first-order valence-electron chi connectivity index (χ1n) is 6.10. The molecule has 0 saturated carbocycles. The summed E-state index contributed by atoms with van der Waals surface area (Å²) in [6.45, 7) is 8.34. The monoisotopic (exact) mass is 257 g/mol. The highest BCUT2D eigenvalue weighted by Gasteiger charge is 2.20. The van der Waals surface area contributed by atoms with Gasteiger partial charge in [0.25, 0.3) is 0 Å². The molecule has 0 aliphatic rings. The molecule has 0 spiro atoms. The average molecular weight is 258 g/mol. The maximum Gasteiger partial charge on any atom is 0.144 e. The number of rotatable bonds is 6. The zero-order valence-corrected chi connectivity index (χ0v) is 11.6. The van der Waals surface area contributed by atoms with Crippen molar-refractivity contribution in [2.24, 2.45) is 5.41 Å². The topological polar surface area (TPSA) is 12.0 Å². The van der Waals surface area contributed by atoms with Gasteiger partial charge in [-0.05, 0) is 43.0 Å². The van der Waals surface area contributed by atoms with Crippen molar-refractivity contribution >= 4 is 11.6 Å². The molecule has 1 aromatic rings. The summed E-state index contributed by atoms with van der Waals surface area (Å²) in [5.41, 5.74) is 0.784. The second-order valence-corrected chi connectivity index (χ2v) is 5.56. The van der Waals surface area contributed by atoms with E-state index in [4.69, 9.17) is 11.6 Å². The van der Waals surface area contributed by atoms with E-state index >= 15 is 0 Å². The van der Waals surface area contributed by atoms with E-state index in [0.717, 1.165) is 19.5 Å². The molecule has 0 aromatic heterocycles. The highest BCUT2D eigenvalue weighted by molar-refractivity contribution is 6.30. The van der Waals surface area contributed by atoms with Crippen molar-refractivity contribution in [3.8, 4) is 0 Å². The van der Waals surface area contributed by atoms with Crippen LogP contribution in [0.4, 0.5) is 4.39 Å². The van der Waals surface area contributed by atoms with Crippen LogP contribution in [0.15, 0.2) is 18.2 Å². The van der Waals surface area contributed by atoms with E-state index in [-0.39, 0.29) is 16.3 Å². The lowest BCUT2D eigenvalue weighted by Gasteiger charge is -2.25. The molecule has 0 atom stereocenters. The highest BCUT2D eigenvalue weighted by Crippen LogP contribution is 2.28. The van der Waals surface area contributed by atoms with Gasteiger partial charge in [0.05, 0.1) is 5.02 Å². The molecule has 0 heterocycles. The Morgan fingerprint density at radius 2 is 2.06 bits per heavy atom. The Morgan fingerprint density at radius 1 is 1.35 bits per heavy atom. The molecule has 1 aromatic carbocycles. The highest BCUT2D eigenvalue weighted by atomic mass is 35.5. The summed E-state index contributed by atoms with van der Waals surface area (Å²) in [4.78, 5) is 0. The maximum atomic E-state index is 13.8. The second kappa shape index (κ2) is 6.36. The normalized spacial score (nSPS) is 11.8. The SMILES string of the molecule is CCNCCC(C)(C)Cc1cccc(Cl)c1F. The molecule has 96 valence electrons. The Bertz CT molecular complexity index is 363. The van der Waals surface area contributed by atoms with Crippen LogP contribution in [0.25, 0.3) is 0 Å². The zero-order chi connectivity index (χ0) is 12.9. The van der Waals surface area contributed by atoms with Crippen molar-refractivity contribution in [1.29, 1.82) is 0 Å². The molecule has 0 unspecified atom stereocenters. The first-order valence-corrected chi connectivity index (χ1v) is 6.47. The van der Waals surface area contributed by atoms with Gasteiger partial charge in [-0.2, -0.15) is 0 Å². The summed E-state index contributed by atoms with van der Waals surface area (Å²) < 4.78 is 13.8. The number of benzene rings is 1. The van der Waals surface area contributed by atoms with E-state index in [1.54, 1.807) is 12.1 Å². The van der Waals surface area contributed by atoms with E-state index in [1.165, 1.54) is 0 Å². The van der Waals surface area contributed by atoms with Gasteiger partial charge in [-0.3, -0.25) is 0 Å². The largest absolute Gasteiger partial charge is 0.317 e. The molecule has 1 nitrogen and oxygen atoms in total. The van der Waals surface area contributed by atoms with Gasteiger partial charge < -0.3 is 5.32 Å². The van der Waals surface area contributed by atoms with Gasteiger partial charge in [-0.1, -0.05) is 44.5 Å². The first-order chi connectivity index (χ1) is 7.96. The van der Waals surface area contributed by atoms with Gasteiger partial charge in [-0.15, -0.1) is 0 Å². The summed E-state index contributed by atoms with van der Waals surface area (Å²) in [6, 6.07) is 5.21. The van der Waals surface area contributed by atoms with Crippen molar-refractivity contribution in [3.63, 3.8) is 0 Å². The first kappa shape index (κ1) is 14.5. The lowest BCUT2D eigenvalue weighted by Crippen LogP contribution is -2.24. The maximum absolute atomic E-state index is 13.8. The van der Waals surface area contributed by atoms with Crippen LogP contribution in [0.3, 0.4) is 0 Å². The van der Waals surface area contributed by atoms with Crippen LogP contribution < -0.4 is 5.32 Å². The Labute approximate surface area is 108 Å². The molecule has 3 heteroatoms. The number of hydrogen-bond acceptors (Lipinski definition) is 1. The summed E-state index contributed by atoms with van der Waals surface area (Å²) in [5, 5.41) is 3.51. The number of halogens is 2. The third kappa shape index (κ3) is 4.64. The third-order valence-corrected chi connectivity index (χ3v) is 3.22. The van der Waals surface area contributed by atoms with Crippen molar-refractivity contribution in [3.05, 3.63) is 34.6 Å². The van der Waals surface area contributed by atoms with Crippen molar-refractivity contribution in [1.82, 2.24) is 5.32 Å². The molecule has 0 fully saturated rings. The molecule has 1 rings (SSSR count). The molecule has 0 radical (unpaired) electrons. The lowest BCUT2D eigenvalue weighted by molar-refractivity contribution is 0.322. The molecule has 0 bridgehead atoms. The quantitative estimate of drug-likeness (QED) is 0.759. The van der Waals surface area contributed by atoms with Crippen LogP contribution >= 0.6 is 11.6 Å². The minimum absolute atomic E-state index is 0.0771. The van der Waals surface area contributed by atoms with Crippen LogP contribution in [0.5, 0.6) is 0 Å². The molecule has 17 heavy (non-hydrogen) atoms. The summed E-state index contributed by atoms with van der Waals surface area (Å²) in [6.07, 6.45) is 1.73. The van der Waals surface area contributed by atoms with Gasteiger partial charge in [0.15, 0.2) is 0 Å². The van der Waals surface area contributed by atoms with Crippen LogP contribution in [-0.2, 0) is 6.42 Å². The third-order valence-electron chi connectivity index (χ3n) is 2.93. The van der Waals surface area contributed by atoms with Crippen molar-refractivity contribution in [2.45, 2.75) is 33.6 Å². The molecule has 0 saturated heterocycles. The predicted molar refractivity (Wildman–Crippen MR) is 72.1 cm³/mol. The minimum atomic E-state index is -0.273. The Hall–Kier alpha value is -0.600. The number of hydrogen-bond donors (Lipinski definition) is 1. The van der Waals surface area contributed by atoms with Gasteiger partial charge in [0.1, 0.15) is 5.82 Å². The van der Waals surface area contributed by atoms with Crippen LogP contribution in [-0.4, -0.2) is 13.1 Å². The van der Waals surface area contributed by atoms with E-state index in [2.05, 4.69) is 26.1 Å². The fourth-order valence-electron chi connectivity index (χ4n) is 1.89. The van der Waals surface area contributed by atoms with E-state index in [1.807, 2.05) is 6.07 Å². The molecular formula is C14H21ClFN. The summed E-state index contributed by atoms with van der Waals surface area (Å²) >= 11 is 5.78. The van der Waals surface area contributed by atoms with Crippen molar-refractivity contribution in [2.75, 3.05) is 13.1 Å². The van der Waals surface area contributed by atoms with Crippen LogP contribution in [0, 0.1) is 11.2 Å². The summed E-state index contributed by atoms with van der Waals surface area (Å²) in [5.74, 6) is -0.273. The summed E-state index contributed by atoms with van der Waals surface area (Å²) in [7, 11) is 0. The second-order valence-electron chi connectivity index (χ2n) is 5.16. The number of nitrogens with one attached hydrogen (secondary N) is 1. The lowest BCUT2D eigenvalue weighted by atomic mass is 9.82. The average Bonchev–Trinajstić information content (AvgIpc) is 2.25. The van der Waals surface area contributed by atoms with E-state index < -0.39 is 0 Å². The predicted octanol–water partition coefficient (Wildman–Crippen LogP) is 4.05. The standard InChI is InChI=1S/C14H21ClFN/c1-4-17-9-8-14(2,3)10-11-6-5-7-12(15)13(11)16/h5-7,17H,4,8-10H2,1-3H3. The smallest absolute Gasteiger partial charge is 0.144 e. The minimum Gasteiger partial charge on any atom is -0.317 e. The van der Waals surface area contributed by atoms with Gasteiger partial charge in [0.2, 0.25) is 0 Å². The molecule has 0 amide bonds. The van der Waals surface area contributed by atoms with Crippen LogP contribution in [0.2, 0.25) is 5.02 Å². The molecule has 0 aliphatic carbocycles. The Balaban J connectivity index is 2.65. The van der Waals surface area contributed by atoms with Gasteiger partial charge >= 0.3 is 0 Å². The van der Waals surface area contributed by atoms with E-state index in [9.17, 15) is 4.39 Å². The van der Waals surface area contributed by atoms with Gasteiger partial charge in [0, 0.05) is 0 Å². The Morgan fingerprint density at radius 3 is 2.71 bits per heavy atom. The molecular weight excluding hydrogens is 237 g/mol. The fraction of sp³-hybridized carbons (Fsp3) is 0.571. The van der Waals surface area contributed by atoms with Crippen molar-refractivity contribution < 1.29 is 4.39 Å². The van der Waals surface area contributed by atoms with E-state index in [0.29, 0.717) is 12.0 Å². The Kier molecular flexibility index (Phi) is 5.41. The molecule has 1 N–H and O–H groups in total. The van der Waals surface area contributed by atoms with Gasteiger partial charge in [-0.25, -0.2) is 4.39 Å². The molecule has 0 aliphatic heterocycles. The fourth-order valence-corrected chi connectivity index (χ4v) is 2.09. The zero-order valence-electron chi connectivity index (χ0n) is 10.8. The van der Waals surface area contributed by atoms with Crippen LogP contribution in [0.1, 0.15) is 32.8 Å².